The Bertz CT molecular complexity index is 908. The van der Waals surface area contributed by atoms with Gasteiger partial charge in [-0.15, -0.1) is 0 Å². The molecule has 1 aliphatic carbocycles. The number of hydrogen-bond donors (Lipinski definition) is 3. The zero-order valence-corrected chi connectivity index (χ0v) is 13.6. The number of hydrogen-bond acceptors (Lipinski definition) is 4. The molecule has 0 bridgehead atoms. The summed E-state index contributed by atoms with van der Waals surface area (Å²) in [4.78, 5) is 2.88. The molecule has 0 fully saturated rings. The fraction of sp³-hybridized carbons (Fsp3) is 0.235. The minimum atomic E-state index is -0.373. The second-order valence-corrected chi connectivity index (χ2v) is 6.27. The van der Waals surface area contributed by atoms with Crippen molar-refractivity contribution in [2.24, 2.45) is 0 Å². The fourth-order valence-electron chi connectivity index (χ4n) is 2.79. The summed E-state index contributed by atoms with van der Waals surface area (Å²) in [5.41, 5.74) is 2.85. The molecule has 2 aliphatic rings. The van der Waals surface area contributed by atoms with Crippen molar-refractivity contribution in [3.8, 4) is 11.3 Å². The van der Waals surface area contributed by atoms with Crippen LogP contribution in [0.3, 0.4) is 0 Å². The van der Waals surface area contributed by atoms with Crippen LogP contribution in [0.15, 0.2) is 42.5 Å². The average Bonchev–Trinajstić information content (AvgIpc) is 2.52. The summed E-state index contributed by atoms with van der Waals surface area (Å²) in [6, 6.07) is 12.7. The maximum atomic E-state index is 11.5. The normalized spacial score (nSPS) is 11.8. The van der Waals surface area contributed by atoms with Crippen LogP contribution in [-0.2, 0) is 0 Å². The van der Waals surface area contributed by atoms with Crippen LogP contribution in [0.1, 0.15) is 0 Å². The molecule has 0 unspecified atom stereocenters. The second-order valence-electron chi connectivity index (χ2n) is 6.27. The van der Waals surface area contributed by atoms with Crippen molar-refractivity contribution in [3.05, 3.63) is 58.2 Å². The number of benzene rings is 2. The number of fused-ring (bicyclic) bond motifs is 2. The number of nitrogens with one attached hydrogen (secondary N) is 2. The molecular weight excluding hydrogens is 308 g/mol. The summed E-state index contributed by atoms with van der Waals surface area (Å²) in [5.74, 6) is 0. The molecule has 126 valence electrons. The zero-order chi connectivity index (χ0) is 17.3. The number of aromatic amines is 1. The summed E-state index contributed by atoms with van der Waals surface area (Å²) < 4.78 is -0.177. The van der Waals surface area contributed by atoms with E-state index in [0.717, 1.165) is 10.9 Å². The van der Waals surface area contributed by atoms with Crippen molar-refractivity contribution in [2.45, 2.75) is 0 Å². The number of likely N-dealkylation sites (N-methyl/N-ethyl adjacent to an activating group) is 1. The lowest BCUT2D eigenvalue weighted by Gasteiger charge is -2.22. The number of rotatable bonds is 4. The van der Waals surface area contributed by atoms with Gasteiger partial charge in [-0.3, -0.25) is 0 Å². The lowest BCUT2D eigenvalue weighted by atomic mass is 10.0. The molecule has 0 aromatic heterocycles. The Kier molecular flexibility index (Phi) is 4.04. The van der Waals surface area contributed by atoms with Gasteiger partial charge in [0.1, 0.15) is 6.54 Å². The van der Waals surface area contributed by atoms with E-state index in [-0.39, 0.29) is 14.9 Å². The van der Waals surface area contributed by atoms with E-state index >= 15 is 0 Å². The zero-order valence-electron chi connectivity index (χ0n) is 13.6. The minimum absolute atomic E-state index is 0.0507. The Morgan fingerprint density at radius 3 is 2.58 bits per heavy atom. The highest BCUT2D eigenvalue weighted by atomic mass is 16.8. The van der Waals surface area contributed by atoms with Gasteiger partial charge in [-0.05, 0) is 12.1 Å². The predicted molar refractivity (Wildman–Crippen MR) is 94.2 cm³/mol. The summed E-state index contributed by atoms with van der Waals surface area (Å²) in [7, 11) is 3.36. The average molecular weight is 328 g/mol. The number of quaternary nitrogens is 1. The molecule has 3 N–H and O–H groups in total. The van der Waals surface area contributed by atoms with Gasteiger partial charge in [-0.1, -0.05) is 24.3 Å². The van der Waals surface area contributed by atoms with E-state index in [0.29, 0.717) is 30.0 Å². The third-order valence-corrected chi connectivity index (χ3v) is 3.92. The molecular formula is C17H20N4O3. The van der Waals surface area contributed by atoms with Gasteiger partial charge in [0, 0.05) is 17.0 Å². The lowest BCUT2D eigenvalue weighted by molar-refractivity contribution is -1.07. The van der Waals surface area contributed by atoms with Gasteiger partial charge in [0.2, 0.25) is 5.36 Å². The number of anilines is 1. The Balaban J connectivity index is 2.23. The van der Waals surface area contributed by atoms with Crippen molar-refractivity contribution in [1.29, 1.82) is 0 Å². The number of hydroxylamine groups is 3. The van der Waals surface area contributed by atoms with E-state index in [1.54, 1.807) is 20.2 Å². The van der Waals surface area contributed by atoms with Crippen LogP contribution in [0.2, 0.25) is 0 Å². The SMILES string of the molecule is C[N+](C)(O)CCNc1c2c(=[N+]([O-])[O-])cccc-2[nH]c2ccccc12. The van der Waals surface area contributed by atoms with E-state index in [4.69, 9.17) is 0 Å². The van der Waals surface area contributed by atoms with E-state index in [2.05, 4.69) is 10.3 Å². The Morgan fingerprint density at radius 2 is 1.88 bits per heavy atom. The van der Waals surface area contributed by atoms with Crippen molar-refractivity contribution < 1.29 is 9.85 Å². The molecule has 1 aliphatic heterocycles. The molecule has 0 spiro atoms. The Morgan fingerprint density at radius 1 is 1.12 bits per heavy atom. The number of aromatic nitrogens is 1. The van der Waals surface area contributed by atoms with Gasteiger partial charge in [0.05, 0.1) is 37.6 Å². The van der Waals surface area contributed by atoms with Gasteiger partial charge >= 0.3 is 0 Å². The number of nitrogens with zero attached hydrogens (tertiary/aromatic N) is 2. The van der Waals surface area contributed by atoms with Gasteiger partial charge in [0.15, 0.2) is 0 Å². The van der Waals surface area contributed by atoms with Crippen molar-refractivity contribution in [2.75, 3.05) is 32.5 Å². The second kappa shape index (κ2) is 6.03. The van der Waals surface area contributed by atoms with Crippen molar-refractivity contribution in [1.82, 2.24) is 9.89 Å². The van der Waals surface area contributed by atoms with Gasteiger partial charge in [-0.2, -0.15) is 9.55 Å². The molecule has 3 rings (SSSR count). The summed E-state index contributed by atoms with van der Waals surface area (Å²) in [5, 5.41) is 37.0. The Hall–Kier alpha value is -2.77. The van der Waals surface area contributed by atoms with Crippen LogP contribution in [-0.4, -0.2) is 42.0 Å². The summed E-state index contributed by atoms with van der Waals surface area (Å²) >= 11 is 0. The molecule has 0 saturated carbocycles. The van der Waals surface area contributed by atoms with Crippen LogP contribution < -0.4 is 15.6 Å². The highest BCUT2D eigenvalue weighted by Gasteiger charge is 2.18. The van der Waals surface area contributed by atoms with Crippen LogP contribution >= 0.6 is 0 Å². The molecule has 0 atom stereocenters. The maximum absolute atomic E-state index is 11.5. The van der Waals surface area contributed by atoms with Crippen LogP contribution in [0.5, 0.6) is 0 Å². The smallest absolute Gasteiger partial charge is 0.234 e. The molecule has 1 aromatic carbocycles. The first-order chi connectivity index (χ1) is 11.4. The maximum Gasteiger partial charge on any atom is 0.234 e. The van der Waals surface area contributed by atoms with Crippen LogP contribution in [0.25, 0.3) is 22.2 Å². The summed E-state index contributed by atoms with van der Waals surface area (Å²) in [6.45, 7) is 0.952. The first kappa shape index (κ1) is 16.1. The fourth-order valence-corrected chi connectivity index (χ4v) is 2.79. The van der Waals surface area contributed by atoms with E-state index in [1.165, 1.54) is 6.07 Å². The lowest BCUT2D eigenvalue weighted by Crippen LogP contribution is -2.39. The van der Waals surface area contributed by atoms with E-state index < -0.39 is 0 Å². The topological polar surface area (TPSA) is 97.2 Å². The van der Waals surface area contributed by atoms with Crippen LogP contribution in [0, 0.1) is 10.4 Å². The molecule has 0 radical (unpaired) electrons. The predicted octanol–water partition coefficient (Wildman–Crippen LogP) is 1.92. The molecule has 7 nitrogen and oxygen atoms in total. The number of H-pyrrole nitrogens is 1. The molecule has 7 heteroatoms. The highest BCUT2D eigenvalue weighted by Crippen LogP contribution is 2.32. The third kappa shape index (κ3) is 3.12. The van der Waals surface area contributed by atoms with Crippen LogP contribution in [0.4, 0.5) is 5.69 Å². The highest BCUT2D eigenvalue weighted by molar-refractivity contribution is 6.00. The molecule has 0 saturated heterocycles. The molecule has 0 amide bonds. The quantitative estimate of drug-likeness (QED) is 0.387. The molecule has 24 heavy (non-hydrogen) atoms. The largest absolute Gasteiger partial charge is 0.612 e. The van der Waals surface area contributed by atoms with Crippen molar-refractivity contribution in [3.63, 3.8) is 0 Å². The summed E-state index contributed by atoms with van der Waals surface area (Å²) in [6.07, 6.45) is 0. The van der Waals surface area contributed by atoms with Gasteiger partial charge in [0.25, 0.3) is 0 Å². The monoisotopic (exact) mass is 328 g/mol. The van der Waals surface area contributed by atoms with E-state index in [9.17, 15) is 15.6 Å². The van der Waals surface area contributed by atoms with Gasteiger partial charge in [-0.25, -0.2) is 5.21 Å². The molecule has 1 aromatic rings. The van der Waals surface area contributed by atoms with E-state index in [1.807, 2.05) is 30.3 Å². The first-order valence-corrected chi connectivity index (χ1v) is 7.67. The third-order valence-electron chi connectivity index (χ3n) is 3.92. The number of pyridine rings is 1. The standard InChI is InChI=1S/C17H20N4O3/c1-21(2,24)11-10-18-17-12-6-3-4-7-13(12)19-14-8-5-9-15(16(14)17)20(22)23/h3-9,18-19,24H,10-11H2,1-2H3. The number of para-hydroxylation sites is 1. The minimum Gasteiger partial charge on any atom is -0.612 e. The van der Waals surface area contributed by atoms with Gasteiger partial charge < -0.3 is 20.7 Å². The Labute approximate surface area is 139 Å². The van der Waals surface area contributed by atoms with Crippen molar-refractivity contribution >= 4 is 16.6 Å². The first-order valence-electron chi connectivity index (χ1n) is 7.67. The molecule has 1 heterocycles.